The van der Waals surface area contributed by atoms with Gasteiger partial charge in [-0.2, -0.15) is 0 Å². The lowest BCUT2D eigenvalue weighted by atomic mass is 10.1. The molecule has 1 aliphatic heterocycles. The number of hydrogen-bond acceptors (Lipinski definition) is 7. The fourth-order valence-electron chi connectivity index (χ4n) is 4.51. The number of morpholine rings is 1. The van der Waals surface area contributed by atoms with Crippen LogP contribution in [0.2, 0.25) is 0 Å². The highest BCUT2D eigenvalue weighted by atomic mass is 19.1. The van der Waals surface area contributed by atoms with Crippen LogP contribution in [0.3, 0.4) is 0 Å². The maximum absolute atomic E-state index is 13.3. The molecule has 2 aromatic heterocycles. The number of carbonyl (C=O) groups is 1. The number of pyridine rings is 1. The second-order valence-corrected chi connectivity index (χ2v) is 9.78. The Labute approximate surface area is 220 Å². The van der Waals surface area contributed by atoms with Crippen LogP contribution >= 0.6 is 0 Å². The maximum atomic E-state index is 13.3. The van der Waals surface area contributed by atoms with E-state index in [1.165, 1.54) is 12.1 Å². The van der Waals surface area contributed by atoms with Crippen LogP contribution in [0.1, 0.15) is 17.4 Å². The van der Waals surface area contributed by atoms with Crippen molar-refractivity contribution in [2.24, 2.45) is 7.05 Å². The Morgan fingerprint density at radius 1 is 1.16 bits per heavy atom. The highest BCUT2D eigenvalue weighted by Gasteiger charge is 2.31. The molecule has 0 radical (unpaired) electrons. The average Bonchev–Trinajstić information content (AvgIpc) is 3.20. The number of nitrogens with zero attached hydrogens (tertiary/aromatic N) is 5. The number of hydrogen-bond donors (Lipinski definition) is 1. The molecule has 198 valence electrons. The van der Waals surface area contributed by atoms with Gasteiger partial charge in [0.05, 0.1) is 29.8 Å². The fourth-order valence-corrected chi connectivity index (χ4v) is 4.51. The Morgan fingerprint density at radius 2 is 1.92 bits per heavy atom. The van der Waals surface area contributed by atoms with Gasteiger partial charge in [-0.25, -0.2) is 9.37 Å². The van der Waals surface area contributed by atoms with Crippen molar-refractivity contribution in [1.29, 1.82) is 0 Å². The van der Waals surface area contributed by atoms with Gasteiger partial charge in [0.15, 0.2) is 0 Å². The Kier molecular flexibility index (Phi) is 7.26. The van der Waals surface area contributed by atoms with Crippen molar-refractivity contribution in [2.75, 3.05) is 39.1 Å². The van der Waals surface area contributed by atoms with Gasteiger partial charge < -0.3 is 29.2 Å². The van der Waals surface area contributed by atoms with Crippen LogP contribution in [-0.4, -0.2) is 76.2 Å². The smallest absolute Gasteiger partial charge is 0.272 e. The lowest BCUT2D eigenvalue weighted by molar-refractivity contribution is -0.0548. The largest absolute Gasteiger partial charge is 0.457 e. The molecule has 1 fully saturated rings. The summed E-state index contributed by atoms with van der Waals surface area (Å²) in [5, 5.41) is 3.21. The highest BCUT2D eigenvalue weighted by Crippen LogP contribution is 2.28. The monoisotopic (exact) mass is 518 g/mol. The first kappa shape index (κ1) is 25.6. The summed E-state index contributed by atoms with van der Waals surface area (Å²) in [6.07, 6.45) is 1.53. The minimum atomic E-state index is -0.295. The Morgan fingerprint density at radius 3 is 2.68 bits per heavy atom. The van der Waals surface area contributed by atoms with Crippen molar-refractivity contribution < 1.29 is 18.7 Å². The lowest BCUT2D eigenvalue weighted by Gasteiger charge is -2.38. The quantitative estimate of drug-likeness (QED) is 0.387. The molecule has 0 aliphatic carbocycles. The molecule has 0 unspecified atom stereocenters. The third-order valence-electron chi connectivity index (χ3n) is 6.47. The van der Waals surface area contributed by atoms with E-state index >= 15 is 0 Å². The van der Waals surface area contributed by atoms with Crippen molar-refractivity contribution in [1.82, 2.24) is 24.3 Å². The van der Waals surface area contributed by atoms with Crippen LogP contribution in [0.25, 0.3) is 11.0 Å². The second-order valence-electron chi connectivity index (χ2n) is 9.78. The molecule has 0 saturated carbocycles. The fraction of sp³-hybridized carbons (Fsp3) is 0.321. The van der Waals surface area contributed by atoms with Gasteiger partial charge >= 0.3 is 0 Å². The molecule has 1 saturated heterocycles. The molecule has 9 nitrogen and oxygen atoms in total. The van der Waals surface area contributed by atoms with Crippen LogP contribution < -0.4 is 10.1 Å². The van der Waals surface area contributed by atoms with Gasteiger partial charge in [0, 0.05) is 44.2 Å². The summed E-state index contributed by atoms with van der Waals surface area (Å²) in [5.74, 6) is 1.27. The third-order valence-corrected chi connectivity index (χ3v) is 6.47. The van der Waals surface area contributed by atoms with Gasteiger partial charge in [0.2, 0.25) is 5.95 Å². The van der Waals surface area contributed by atoms with Crippen molar-refractivity contribution in [2.45, 2.75) is 19.1 Å². The van der Waals surface area contributed by atoms with E-state index in [1.54, 1.807) is 30.5 Å². The maximum Gasteiger partial charge on any atom is 0.272 e. The Balaban J connectivity index is 1.32. The zero-order valence-corrected chi connectivity index (χ0v) is 21.9. The van der Waals surface area contributed by atoms with E-state index in [-0.39, 0.29) is 23.9 Å². The van der Waals surface area contributed by atoms with Gasteiger partial charge in [-0.15, -0.1) is 0 Å². The molecule has 1 amide bonds. The average molecular weight is 519 g/mol. The molecule has 2 atom stereocenters. The first-order valence-corrected chi connectivity index (χ1v) is 12.5. The number of fused-ring (bicyclic) bond motifs is 1. The second kappa shape index (κ2) is 10.8. The van der Waals surface area contributed by atoms with Crippen molar-refractivity contribution in [3.63, 3.8) is 0 Å². The van der Waals surface area contributed by atoms with E-state index in [0.29, 0.717) is 36.3 Å². The van der Waals surface area contributed by atoms with Crippen molar-refractivity contribution in [3.05, 3.63) is 72.3 Å². The predicted octanol–water partition coefficient (Wildman–Crippen LogP) is 4.43. The molecule has 1 N–H and O–H groups in total. The van der Waals surface area contributed by atoms with Crippen LogP contribution in [0.15, 0.2) is 60.8 Å². The summed E-state index contributed by atoms with van der Waals surface area (Å²) in [6, 6.07) is 15.1. The van der Waals surface area contributed by atoms with Gasteiger partial charge in [0.25, 0.3) is 5.91 Å². The number of benzene rings is 2. The third kappa shape index (κ3) is 5.61. The highest BCUT2D eigenvalue weighted by molar-refractivity contribution is 5.93. The summed E-state index contributed by atoms with van der Waals surface area (Å²) < 4.78 is 27.1. The Hall–Kier alpha value is -4.02. The van der Waals surface area contributed by atoms with Crippen molar-refractivity contribution in [3.8, 4) is 11.5 Å². The van der Waals surface area contributed by atoms with Crippen molar-refractivity contribution >= 4 is 28.6 Å². The number of anilines is 2. The van der Waals surface area contributed by atoms with E-state index in [4.69, 9.17) is 9.47 Å². The van der Waals surface area contributed by atoms with Crippen LogP contribution in [0, 0.1) is 5.82 Å². The number of imidazole rings is 1. The Bertz CT molecular complexity index is 1440. The molecule has 3 heterocycles. The van der Waals surface area contributed by atoms with Crippen LogP contribution in [0.5, 0.6) is 11.5 Å². The molecule has 1 aliphatic rings. The minimum absolute atomic E-state index is 0.0443. The molecule has 10 heteroatoms. The minimum Gasteiger partial charge on any atom is -0.457 e. The van der Waals surface area contributed by atoms with E-state index in [0.717, 1.165) is 23.3 Å². The lowest BCUT2D eigenvalue weighted by Crippen LogP contribution is -2.53. The van der Waals surface area contributed by atoms with Crippen LogP contribution in [0.4, 0.5) is 16.0 Å². The van der Waals surface area contributed by atoms with Gasteiger partial charge in [0.1, 0.15) is 23.0 Å². The molecule has 2 aromatic carbocycles. The van der Waals surface area contributed by atoms with E-state index in [2.05, 4.69) is 20.2 Å². The first-order valence-electron chi connectivity index (χ1n) is 12.5. The molecule has 4 aromatic rings. The molecular formula is C28H31FN6O3. The van der Waals surface area contributed by atoms with Gasteiger partial charge in [-0.1, -0.05) is 0 Å². The van der Waals surface area contributed by atoms with E-state index in [9.17, 15) is 9.18 Å². The summed E-state index contributed by atoms with van der Waals surface area (Å²) in [5.41, 5.74) is 2.69. The first-order chi connectivity index (χ1) is 18.3. The topological polar surface area (TPSA) is 84.8 Å². The molecule has 0 bridgehead atoms. The number of rotatable bonds is 7. The number of aryl methyl sites for hydroxylation is 1. The molecule has 38 heavy (non-hydrogen) atoms. The van der Waals surface area contributed by atoms with Gasteiger partial charge in [-0.05, 0) is 63.5 Å². The van der Waals surface area contributed by atoms with Gasteiger partial charge in [-0.3, -0.25) is 9.78 Å². The normalized spacial score (nSPS) is 17.7. The van der Waals surface area contributed by atoms with E-state index in [1.807, 2.05) is 55.7 Å². The number of nitrogens with one attached hydrogen (secondary N) is 1. The number of ether oxygens (including phenoxy) is 2. The zero-order valence-electron chi connectivity index (χ0n) is 21.9. The standard InChI is InChI=1S/C28H31FN6O3/c1-18-17-37-23(15-33(2)3)16-35(18)27(36)25-14-22(11-12-30-25)38-21-9-10-26-24(13-21)32-28(34(26)4)31-20-7-5-19(29)6-8-20/h5-14,18,23H,15-17H2,1-4H3,(H,31,32)/t18-,23+/m1/s1. The molecular weight excluding hydrogens is 487 g/mol. The summed E-state index contributed by atoms with van der Waals surface area (Å²) in [4.78, 5) is 26.2. The molecule has 5 rings (SSSR count). The number of likely N-dealkylation sites (N-methyl/N-ethyl adjacent to an activating group) is 1. The molecule has 0 spiro atoms. The van der Waals surface area contributed by atoms with E-state index < -0.39 is 0 Å². The number of aromatic nitrogens is 3. The predicted molar refractivity (Wildman–Crippen MR) is 144 cm³/mol. The SMILES string of the molecule is C[C@@H]1CO[C@@H](CN(C)C)CN1C(=O)c1cc(Oc2ccc3c(c2)nc(Nc2ccc(F)cc2)n3C)ccn1. The number of carbonyl (C=O) groups excluding carboxylic acids is 1. The number of halogens is 1. The van der Waals surface area contributed by atoms with Crippen LogP contribution in [-0.2, 0) is 11.8 Å². The summed E-state index contributed by atoms with van der Waals surface area (Å²) in [7, 11) is 5.88. The summed E-state index contributed by atoms with van der Waals surface area (Å²) in [6.45, 7) is 3.72. The number of amides is 1. The zero-order chi connectivity index (χ0) is 26.8. The summed E-state index contributed by atoms with van der Waals surface area (Å²) >= 11 is 0.